The summed E-state index contributed by atoms with van der Waals surface area (Å²) in [6, 6.07) is 23.2. The first-order valence-electron chi connectivity index (χ1n) is 10.5. The zero-order valence-corrected chi connectivity index (χ0v) is 18.1. The molecule has 0 unspecified atom stereocenters. The lowest BCUT2D eigenvalue weighted by molar-refractivity contribution is -0.124. The predicted molar refractivity (Wildman–Crippen MR) is 126 cm³/mol. The molecule has 1 N–H and O–H groups in total. The molecule has 0 bridgehead atoms. The van der Waals surface area contributed by atoms with Gasteiger partial charge in [0.05, 0.1) is 10.9 Å². The summed E-state index contributed by atoms with van der Waals surface area (Å²) in [5, 5.41) is 3.31. The smallest absolute Gasteiger partial charge is 0.331 e. The first-order chi connectivity index (χ1) is 15.5. The standard InChI is InChI=1S/C26H25N3O3/c1-18-12-14-20(15-13-18)17-27-24(30)23(16-19-8-4-3-5-9-19)29-25(31)21-10-6-7-11-22(21)28(2)26(29)32/h3-15,23H,16-17H2,1-2H3,(H,27,30)/t23-/m0/s1. The van der Waals surface area contributed by atoms with Gasteiger partial charge in [-0.3, -0.25) is 14.2 Å². The van der Waals surface area contributed by atoms with E-state index >= 15 is 0 Å². The van der Waals surface area contributed by atoms with Crippen molar-refractivity contribution in [2.75, 3.05) is 0 Å². The van der Waals surface area contributed by atoms with Crippen LogP contribution in [0.1, 0.15) is 22.7 Å². The van der Waals surface area contributed by atoms with Crippen LogP contribution in [0.2, 0.25) is 0 Å². The zero-order valence-electron chi connectivity index (χ0n) is 18.1. The van der Waals surface area contributed by atoms with Crippen LogP contribution in [-0.2, 0) is 24.8 Å². The summed E-state index contributed by atoms with van der Waals surface area (Å²) in [4.78, 5) is 39.8. The van der Waals surface area contributed by atoms with Crippen molar-refractivity contribution in [1.29, 1.82) is 0 Å². The van der Waals surface area contributed by atoms with Crippen molar-refractivity contribution < 1.29 is 4.79 Å². The number of nitrogens with one attached hydrogen (secondary N) is 1. The number of amides is 1. The number of carbonyl (C=O) groups is 1. The Balaban J connectivity index is 1.76. The first kappa shape index (κ1) is 21.3. The minimum Gasteiger partial charge on any atom is -0.350 e. The van der Waals surface area contributed by atoms with E-state index in [2.05, 4.69) is 5.32 Å². The SMILES string of the molecule is Cc1ccc(CNC(=O)[C@H](Cc2ccccc2)n2c(=O)c3ccccc3n(C)c2=O)cc1. The van der Waals surface area contributed by atoms with E-state index < -0.39 is 17.3 Å². The lowest BCUT2D eigenvalue weighted by atomic mass is 10.0. The predicted octanol–water partition coefficient (Wildman–Crippen LogP) is 3.11. The second kappa shape index (κ2) is 9.06. The molecule has 6 heteroatoms. The second-order valence-corrected chi connectivity index (χ2v) is 7.94. The Hall–Kier alpha value is -3.93. The van der Waals surface area contributed by atoms with Crippen LogP contribution in [0.4, 0.5) is 0 Å². The summed E-state index contributed by atoms with van der Waals surface area (Å²) in [5.74, 6) is -0.371. The van der Waals surface area contributed by atoms with Crippen LogP contribution in [0.3, 0.4) is 0 Å². The van der Waals surface area contributed by atoms with Crippen LogP contribution in [0.25, 0.3) is 10.9 Å². The maximum absolute atomic E-state index is 13.3. The van der Waals surface area contributed by atoms with Gasteiger partial charge in [0.15, 0.2) is 0 Å². The third-order valence-electron chi connectivity index (χ3n) is 5.68. The summed E-state index contributed by atoms with van der Waals surface area (Å²) >= 11 is 0. The highest BCUT2D eigenvalue weighted by molar-refractivity contribution is 5.82. The van der Waals surface area contributed by atoms with Crippen LogP contribution in [0, 0.1) is 6.92 Å². The number of aryl methyl sites for hydroxylation is 2. The van der Waals surface area contributed by atoms with Crippen molar-refractivity contribution in [3.8, 4) is 0 Å². The van der Waals surface area contributed by atoms with E-state index in [1.807, 2.05) is 61.5 Å². The maximum Gasteiger partial charge on any atom is 0.331 e. The number of nitrogens with zero attached hydrogens (tertiary/aromatic N) is 2. The lowest BCUT2D eigenvalue weighted by Gasteiger charge is -2.21. The number of para-hydroxylation sites is 1. The number of aromatic nitrogens is 2. The van der Waals surface area contributed by atoms with Gasteiger partial charge in [0.2, 0.25) is 5.91 Å². The van der Waals surface area contributed by atoms with E-state index in [-0.39, 0.29) is 12.3 Å². The molecule has 0 fully saturated rings. The van der Waals surface area contributed by atoms with Crippen molar-refractivity contribution in [3.05, 3.63) is 116 Å². The summed E-state index contributed by atoms with van der Waals surface area (Å²) < 4.78 is 2.50. The van der Waals surface area contributed by atoms with E-state index in [4.69, 9.17) is 0 Å². The van der Waals surface area contributed by atoms with Gasteiger partial charge >= 0.3 is 5.69 Å². The molecule has 0 saturated heterocycles. The van der Waals surface area contributed by atoms with E-state index in [0.717, 1.165) is 21.3 Å². The van der Waals surface area contributed by atoms with Gasteiger partial charge < -0.3 is 5.32 Å². The Morgan fingerprint density at radius 2 is 1.53 bits per heavy atom. The Kier molecular flexibility index (Phi) is 6.03. The first-order valence-corrected chi connectivity index (χ1v) is 10.5. The minimum atomic E-state index is -0.973. The third kappa shape index (κ3) is 4.25. The average Bonchev–Trinajstić information content (AvgIpc) is 2.82. The highest BCUT2D eigenvalue weighted by Crippen LogP contribution is 2.15. The molecular formula is C26H25N3O3. The molecular weight excluding hydrogens is 402 g/mol. The molecule has 32 heavy (non-hydrogen) atoms. The van der Waals surface area contributed by atoms with Crippen molar-refractivity contribution in [3.63, 3.8) is 0 Å². The number of benzene rings is 3. The van der Waals surface area contributed by atoms with E-state index in [9.17, 15) is 14.4 Å². The lowest BCUT2D eigenvalue weighted by Crippen LogP contribution is -2.47. The fourth-order valence-electron chi connectivity index (χ4n) is 3.85. The highest BCUT2D eigenvalue weighted by atomic mass is 16.2. The largest absolute Gasteiger partial charge is 0.350 e. The summed E-state index contributed by atoms with van der Waals surface area (Å²) in [5.41, 5.74) is 2.51. The van der Waals surface area contributed by atoms with Gasteiger partial charge in [0, 0.05) is 20.0 Å². The normalized spacial score (nSPS) is 11.9. The molecule has 4 rings (SSSR count). The fraction of sp³-hybridized carbons (Fsp3) is 0.192. The molecule has 1 aromatic heterocycles. The van der Waals surface area contributed by atoms with E-state index in [1.165, 1.54) is 4.57 Å². The molecule has 0 spiro atoms. The second-order valence-electron chi connectivity index (χ2n) is 7.94. The Morgan fingerprint density at radius 3 is 2.25 bits per heavy atom. The Labute approximate surface area is 185 Å². The maximum atomic E-state index is 13.3. The van der Waals surface area contributed by atoms with E-state index in [0.29, 0.717) is 17.4 Å². The van der Waals surface area contributed by atoms with Gasteiger partial charge in [-0.25, -0.2) is 9.36 Å². The molecule has 6 nitrogen and oxygen atoms in total. The van der Waals surface area contributed by atoms with Crippen LogP contribution in [0.5, 0.6) is 0 Å². The highest BCUT2D eigenvalue weighted by Gasteiger charge is 2.26. The molecule has 0 aliphatic rings. The van der Waals surface area contributed by atoms with Gasteiger partial charge in [-0.1, -0.05) is 72.3 Å². The van der Waals surface area contributed by atoms with Gasteiger partial charge in [-0.2, -0.15) is 0 Å². The molecule has 1 amide bonds. The molecule has 1 atom stereocenters. The van der Waals surface area contributed by atoms with Crippen LogP contribution < -0.4 is 16.6 Å². The van der Waals surface area contributed by atoms with Gasteiger partial charge in [-0.05, 0) is 30.2 Å². The summed E-state index contributed by atoms with van der Waals surface area (Å²) in [6.45, 7) is 2.31. The van der Waals surface area contributed by atoms with Gasteiger partial charge in [0.25, 0.3) is 5.56 Å². The topological polar surface area (TPSA) is 73.1 Å². The monoisotopic (exact) mass is 427 g/mol. The number of rotatable bonds is 6. The molecule has 0 aliphatic carbocycles. The molecule has 0 aliphatic heterocycles. The molecule has 0 saturated carbocycles. The van der Waals surface area contributed by atoms with Crippen molar-refractivity contribution in [1.82, 2.24) is 14.5 Å². The van der Waals surface area contributed by atoms with Crippen molar-refractivity contribution >= 4 is 16.8 Å². The Bertz CT molecular complexity index is 1370. The molecule has 3 aromatic carbocycles. The number of carbonyl (C=O) groups excluding carboxylic acids is 1. The number of hydrogen-bond donors (Lipinski definition) is 1. The van der Waals surface area contributed by atoms with Gasteiger partial charge in [-0.15, -0.1) is 0 Å². The van der Waals surface area contributed by atoms with E-state index in [1.54, 1.807) is 31.3 Å². The summed E-state index contributed by atoms with van der Waals surface area (Å²) in [7, 11) is 1.62. The van der Waals surface area contributed by atoms with Crippen LogP contribution in [0.15, 0.2) is 88.5 Å². The molecule has 4 aromatic rings. The summed E-state index contributed by atoms with van der Waals surface area (Å²) in [6.07, 6.45) is 0.230. The Morgan fingerprint density at radius 1 is 0.875 bits per heavy atom. The number of hydrogen-bond acceptors (Lipinski definition) is 3. The zero-order chi connectivity index (χ0) is 22.7. The fourth-order valence-corrected chi connectivity index (χ4v) is 3.85. The molecule has 1 heterocycles. The van der Waals surface area contributed by atoms with Crippen molar-refractivity contribution in [2.24, 2.45) is 7.05 Å². The minimum absolute atomic E-state index is 0.230. The quantitative estimate of drug-likeness (QED) is 0.514. The number of fused-ring (bicyclic) bond motifs is 1. The molecule has 162 valence electrons. The molecule has 0 radical (unpaired) electrons. The van der Waals surface area contributed by atoms with Crippen LogP contribution in [-0.4, -0.2) is 15.0 Å². The third-order valence-corrected chi connectivity index (χ3v) is 5.68. The van der Waals surface area contributed by atoms with Crippen molar-refractivity contribution in [2.45, 2.75) is 25.9 Å². The van der Waals surface area contributed by atoms with Gasteiger partial charge in [0.1, 0.15) is 6.04 Å². The average molecular weight is 428 g/mol. The van der Waals surface area contributed by atoms with Crippen LogP contribution >= 0.6 is 0 Å².